The van der Waals surface area contributed by atoms with Crippen LogP contribution in [0.25, 0.3) is 0 Å². The van der Waals surface area contributed by atoms with Crippen LogP contribution >= 0.6 is 11.6 Å². The minimum atomic E-state index is -0.531. The molecule has 2 rings (SSSR count). The second-order valence-corrected chi connectivity index (χ2v) is 6.16. The minimum absolute atomic E-state index is 0.531. The zero-order valence-corrected chi connectivity index (χ0v) is 11.4. The number of halogens is 1. The third-order valence-corrected chi connectivity index (χ3v) is 4.40. The molecule has 1 aliphatic carbocycles. The van der Waals surface area contributed by atoms with Crippen molar-refractivity contribution in [3.8, 4) is 0 Å². The van der Waals surface area contributed by atoms with E-state index in [2.05, 4.69) is 13.8 Å². The van der Waals surface area contributed by atoms with Gasteiger partial charge in [-0.1, -0.05) is 37.6 Å². The first kappa shape index (κ1) is 12.9. The fourth-order valence-electron chi connectivity index (χ4n) is 2.87. The van der Waals surface area contributed by atoms with Gasteiger partial charge in [0.1, 0.15) is 0 Å². The van der Waals surface area contributed by atoms with Crippen LogP contribution in [0.5, 0.6) is 0 Å². The van der Waals surface area contributed by atoms with Gasteiger partial charge >= 0.3 is 0 Å². The van der Waals surface area contributed by atoms with Crippen LogP contribution in [0.15, 0.2) is 24.3 Å². The van der Waals surface area contributed by atoms with E-state index in [-0.39, 0.29) is 0 Å². The molecule has 2 heteroatoms. The van der Waals surface area contributed by atoms with Crippen LogP contribution in [-0.4, -0.2) is 10.7 Å². The Bertz CT molecular complexity index is 390. The highest BCUT2D eigenvalue weighted by molar-refractivity contribution is 6.30. The van der Waals surface area contributed by atoms with Crippen molar-refractivity contribution in [1.82, 2.24) is 0 Å². The molecule has 0 bridgehead atoms. The second-order valence-electron chi connectivity index (χ2n) is 5.73. The van der Waals surface area contributed by atoms with Crippen LogP contribution in [0.1, 0.15) is 38.7 Å². The fourth-order valence-corrected chi connectivity index (χ4v) is 3.08. The predicted octanol–water partition coefficient (Wildman–Crippen LogP) is 4.07. The third-order valence-electron chi connectivity index (χ3n) is 4.16. The maximum atomic E-state index is 10.7. The first-order valence-corrected chi connectivity index (χ1v) is 6.83. The highest BCUT2D eigenvalue weighted by Gasteiger charge is 2.35. The van der Waals surface area contributed by atoms with Crippen LogP contribution in [0.2, 0.25) is 5.02 Å². The van der Waals surface area contributed by atoms with Gasteiger partial charge in [-0.2, -0.15) is 0 Å². The first-order chi connectivity index (χ1) is 7.98. The van der Waals surface area contributed by atoms with Gasteiger partial charge in [-0.05, 0) is 48.8 Å². The summed E-state index contributed by atoms with van der Waals surface area (Å²) in [4.78, 5) is 0. The summed E-state index contributed by atoms with van der Waals surface area (Å²) >= 11 is 5.98. The number of benzene rings is 1. The van der Waals surface area contributed by atoms with Crippen molar-refractivity contribution in [3.05, 3.63) is 34.9 Å². The van der Waals surface area contributed by atoms with E-state index in [1.54, 1.807) is 0 Å². The Labute approximate surface area is 109 Å². The topological polar surface area (TPSA) is 20.2 Å². The number of hydrogen-bond acceptors (Lipinski definition) is 1. The molecule has 1 saturated carbocycles. The summed E-state index contributed by atoms with van der Waals surface area (Å²) < 4.78 is 0. The molecule has 0 aromatic heterocycles. The van der Waals surface area contributed by atoms with Crippen molar-refractivity contribution < 1.29 is 5.11 Å². The fraction of sp³-hybridized carbons (Fsp3) is 0.600. The van der Waals surface area contributed by atoms with E-state index in [0.717, 1.165) is 42.2 Å². The second kappa shape index (κ2) is 4.99. The minimum Gasteiger partial charge on any atom is -0.390 e. The van der Waals surface area contributed by atoms with Gasteiger partial charge in [-0.25, -0.2) is 0 Å². The molecular weight excluding hydrogens is 232 g/mol. The Morgan fingerprint density at radius 2 is 2.12 bits per heavy atom. The summed E-state index contributed by atoms with van der Waals surface area (Å²) in [5.41, 5.74) is 0.609. The first-order valence-electron chi connectivity index (χ1n) is 6.45. The monoisotopic (exact) mass is 252 g/mol. The molecule has 17 heavy (non-hydrogen) atoms. The molecule has 1 aliphatic rings. The van der Waals surface area contributed by atoms with E-state index in [1.165, 1.54) is 0 Å². The van der Waals surface area contributed by atoms with Crippen LogP contribution in [0.4, 0.5) is 0 Å². The van der Waals surface area contributed by atoms with Crippen LogP contribution in [0, 0.1) is 11.8 Å². The zero-order valence-electron chi connectivity index (χ0n) is 10.6. The summed E-state index contributed by atoms with van der Waals surface area (Å²) in [6.07, 6.45) is 3.66. The lowest BCUT2D eigenvalue weighted by Crippen LogP contribution is -2.39. The molecule has 1 aromatic carbocycles. The average molecular weight is 253 g/mol. The smallest absolute Gasteiger partial charge is 0.0690 e. The molecule has 0 radical (unpaired) electrons. The number of aliphatic hydroxyl groups is 1. The Balaban J connectivity index is 2.07. The van der Waals surface area contributed by atoms with Gasteiger partial charge in [-0.3, -0.25) is 0 Å². The van der Waals surface area contributed by atoms with Gasteiger partial charge in [0.25, 0.3) is 0 Å². The van der Waals surface area contributed by atoms with E-state index in [9.17, 15) is 5.11 Å². The van der Waals surface area contributed by atoms with Gasteiger partial charge in [0.05, 0.1) is 5.60 Å². The molecule has 0 amide bonds. The Morgan fingerprint density at radius 1 is 1.35 bits per heavy atom. The third kappa shape index (κ3) is 3.23. The molecule has 3 unspecified atom stereocenters. The van der Waals surface area contributed by atoms with Gasteiger partial charge in [0.2, 0.25) is 0 Å². The summed E-state index contributed by atoms with van der Waals surface area (Å²) in [7, 11) is 0. The van der Waals surface area contributed by atoms with Crippen molar-refractivity contribution in [2.45, 2.75) is 45.1 Å². The van der Waals surface area contributed by atoms with E-state index < -0.39 is 5.60 Å². The molecule has 94 valence electrons. The van der Waals surface area contributed by atoms with Gasteiger partial charge in [-0.15, -0.1) is 0 Å². The molecular formula is C15H21ClO. The SMILES string of the molecule is CC1CCC(O)(Cc2cccc(Cl)c2)CC1C. The predicted molar refractivity (Wildman–Crippen MR) is 72.3 cm³/mol. The van der Waals surface area contributed by atoms with E-state index in [4.69, 9.17) is 11.6 Å². The highest BCUT2D eigenvalue weighted by Crippen LogP contribution is 2.38. The van der Waals surface area contributed by atoms with Gasteiger partial charge in [0.15, 0.2) is 0 Å². The summed E-state index contributed by atoms with van der Waals surface area (Å²) in [5, 5.41) is 11.4. The molecule has 0 aliphatic heterocycles. The summed E-state index contributed by atoms with van der Waals surface area (Å²) in [6.45, 7) is 4.52. The summed E-state index contributed by atoms with van der Waals surface area (Å²) in [5.74, 6) is 1.34. The largest absolute Gasteiger partial charge is 0.390 e. The standard InChI is InChI=1S/C15H21ClO/c1-11-6-7-15(17,9-12(11)2)10-13-4-3-5-14(16)8-13/h3-5,8,11-12,17H,6-7,9-10H2,1-2H3. The van der Waals surface area contributed by atoms with E-state index in [0.29, 0.717) is 5.92 Å². The van der Waals surface area contributed by atoms with Crippen LogP contribution < -0.4 is 0 Å². The molecule has 1 N–H and O–H groups in total. The van der Waals surface area contributed by atoms with Crippen LogP contribution in [0.3, 0.4) is 0 Å². The quantitative estimate of drug-likeness (QED) is 0.841. The lowest BCUT2D eigenvalue weighted by molar-refractivity contribution is -0.0279. The molecule has 1 nitrogen and oxygen atoms in total. The van der Waals surface area contributed by atoms with Crippen molar-refractivity contribution in [2.24, 2.45) is 11.8 Å². The molecule has 0 heterocycles. The van der Waals surface area contributed by atoms with Gasteiger partial charge in [0, 0.05) is 11.4 Å². The van der Waals surface area contributed by atoms with E-state index in [1.807, 2.05) is 24.3 Å². The van der Waals surface area contributed by atoms with Crippen molar-refractivity contribution in [3.63, 3.8) is 0 Å². The van der Waals surface area contributed by atoms with Gasteiger partial charge < -0.3 is 5.11 Å². The Morgan fingerprint density at radius 3 is 2.76 bits per heavy atom. The number of rotatable bonds is 2. The molecule has 3 atom stereocenters. The Hall–Kier alpha value is -0.530. The van der Waals surface area contributed by atoms with E-state index >= 15 is 0 Å². The highest BCUT2D eigenvalue weighted by atomic mass is 35.5. The normalized spacial score (nSPS) is 33.6. The van der Waals surface area contributed by atoms with Crippen molar-refractivity contribution in [2.75, 3.05) is 0 Å². The maximum absolute atomic E-state index is 10.7. The Kier molecular flexibility index (Phi) is 3.79. The molecule has 1 fully saturated rings. The molecule has 0 saturated heterocycles. The number of hydrogen-bond donors (Lipinski definition) is 1. The van der Waals surface area contributed by atoms with Crippen LogP contribution in [-0.2, 0) is 6.42 Å². The molecule has 0 spiro atoms. The molecule has 1 aromatic rings. The van der Waals surface area contributed by atoms with Crippen molar-refractivity contribution >= 4 is 11.6 Å². The lowest BCUT2D eigenvalue weighted by atomic mass is 9.71. The van der Waals surface area contributed by atoms with Crippen molar-refractivity contribution in [1.29, 1.82) is 0 Å². The maximum Gasteiger partial charge on any atom is 0.0690 e. The lowest BCUT2D eigenvalue weighted by Gasteiger charge is -2.39. The summed E-state index contributed by atoms with van der Waals surface area (Å²) in [6, 6.07) is 7.84. The average Bonchev–Trinajstić information content (AvgIpc) is 2.24. The zero-order chi connectivity index (χ0) is 12.5.